The second-order valence-electron chi connectivity index (χ2n) is 5.24. The molecule has 3 saturated heterocycles. The summed E-state index contributed by atoms with van der Waals surface area (Å²) < 4.78 is 0.568. The maximum absolute atomic E-state index is 11.3. The molecule has 0 aromatic rings. The first-order valence-corrected chi connectivity index (χ1v) is 8.68. The highest BCUT2D eigenvalue weighted by atomic mass is 32.2. The van der Waals surface area contributed by atoms with E-state index in [1.54, 1.807) is 0 Å². The van der Waals surface area contributed by atoms with Gasteiger partial charge in [-0.2, -0.15) is 0 Å². The summed E-state index contributed by atoms with van der Waals surface area (Å²) in [5.74, 6) is -0.0504. The average molecular weight is 313 g/mol. The second kappa shape index (κ2) is 8.64. The molecule has 112 valence electrons. The van der Waals surface area contributed by atoms with Crippen molar-refractivity contribution in [3.8, 4) is 0 Å². The van der Waals surface area contributed by atoms with E-state index in [2.05, 4.69) is 15.5 Å². The number of rotatable bonds is 1. The van der Waals surface area contributed by atoms with Crippen LogP contribution in [-0.2, 0) is 4.79 Å². The van der Waals surface area contributed by atoms with Crippen LogP contribution in [0.2, 0.25) is 0 Å². The highest BCUT2D eigenvalue weighted by Crippen LogP contribution is 2.24. The zero-order chi connectivity index (χ0) is 14.2. The van der Waals surface area contributed by atoms with E-state index in [1.807, 2.05) is 6.20 Å². The number of carbonyl (C=O) groups excluding carboxylic acids is 1. The minimum absolute atomic E-state index is 0.0504. The molecule has 3 rings (SSSR count). The number of nitrogens with zero attached hydrogens (tertiary/aromatic N) is 1. The summed E-state index contributed by atoms with van der Waals surface area (Å²) in [5.41, 5.74) is 0. The molecule has 3 aliphatic rings. The van der Waals surface area contributed by atoms with Gasteiger partial charge in [0, 0.05) is 19.3 Å². The van der Waals surface area contributed by atoms with Gasteiger partial charge in [-0.3, -0.25) is 4.79 Å². The fourth-order valence-electron chi connectivity index (χ4n) is 2.43. The summed E-state index contributed by atoms with van der Waals surface area (Å²) in [7, 11) is 0. The van der Waals surface area contributed by atoms with E-state index in [1.165, 1.54) is 63.4 Å². The third kappa shape index (κ3) is 5.42. The number of piperidine rings is 2. The van der Waals surface area contributed by atoms with Gasteiger partial charge in [-0.25, -0.2) is 0 Å². The normalized spacial score (nSPS) is 25.2. The second-order valence-corrected chi connectivity index (χ2v) is 6.96. The van der Waals surface area contributed by atoms with Crippen molar-refractivity contribution in [1.29, 1.82) is 0 Å². The van der Waals surface area contributed by atoms with Crippen molar-refractivity contribution in [2.45, 2.75) is 38.5 Å². The Morgan fingerprint density at radius 1 is 1.05 bits per heavy atom. The summed E-state index contributed by atoms with van der Waals surface area (Å²) in [4.78, 5) is 14.3. The van der Waals surface area contributed by atoms with Crippen molar-refractivity contribution in [2.75, 3.05) is 26.2 Å². The lowest BCUT2D eigenvalue weighted by atomic mass is 10.1. The van der Waals surface area contributed by atoms with Crippen molar-refractivity contribution >= 4 is 34.2 Å². The Labute approximate surface area is 130 Å². The largest absolute Gasteiger partial charge is 0.376 e. The maximum atomic E-state index is 11.3. The molecule has 3 aliphatic heterocycles. The summed E-state index contributed by atoms with van der Waals surface area (Å²) in [5, 5.41) is 5.90. The van der Waals surface area contributed by atoms with Gasteiger partial charge in [0.1, 0.15) is 4.32 Å². The molecule has 0 aliphatic carbocycles. The minimum atomic E-state index is -0.0504. The fourth-order valence-corrected chi connectivity index (χ4v) is 3.48. The van der Waals surface area contributed by atoms with Crippen molar-refractivity contribution in [3.05, 3.63) is 11.1 Å². The van der Waals surface area contributed by atoms with Gasteiger partial charge >= 0.3 is 0 Å². The molecule has 3 heterocycles. The lowest BCUT2D eigenvalue weighted by Gasteiger charge is -2.25. The molecular weight excluding hydrogens is 290 g/mol. The van der Waals surface area contributed by atoms with E-state index in [4.69, 9.17) is 12.2 Å². The quantitative estimate of drug-likeness (QED) is 0.574. The molecule has 0 radical (unpaired) electrons. The molecular formula is C14H23N3OS2. The van der Waals surface area contributed by atoms with Gasteiger partial charge in [0.2, 0.25) is 0 Å². The number of amides is 1. The zero-order valence-corrected chi connectivity index (χ0v) is 13.5. The van der Waals surface area contributed by atoms with Gasteiger partial charge < -0.3 is 15.5 Å². The van der Waals surface area contributed by atoms with Crippen LogP contribution in [0.3, 0.4) is 0 Å². The number of hydrogen-bond acceptors (Lipinski definition) is 5. The molecule has 0 bridgehead atoms. The van der Waals surface area contributed by atoms with Crippen LogP contribution in [0, 0.1) is 0 Å². The minimum Gasteiger partial charge on any atom is -0.376 e. The Kier molecular flexibility index (Phi) is 6.82. The van der Waals surface area contributed by atoms with Crippen molar-refractivity contribution < 1.29 is 4.79 Å². The predicted octanol–water partition coefficient (Wildman–Crippen LogP) is 2.22. The Morgan fingerprint density at radius 3 is 2.15 bits per heavy atom. The molecule has 2 N–H and O–H groups in total. The van der Waals surface area contributed by atoms with Gasteiger partial charge in [0.15, 0.2) is 0 Å². The fraction of sp³-hybridized carbons (Fsp3) is 0.714. The summed E-state index contributed by atoms with van der Waals surface area (Å²) in [6.07, 6.45) is 9.91. The number of likely N-dealkylation sites (tertiary alicyclic amines) is 1. The number of thioether (sulfide) groups is 1. The number of nitrogens with one attached hydrogen (secondary N) is 2. The molecule has 0 spiro atoms. The summed E-state index contributed by atoms with van der Waals surface area (Å²) >= 11 is 6.27. The van der Waals surface area contributed by atoms with E-state index in [-0.39, 0.29) is 5.91 Å². The standard InChI is InChI=1S/C9H12N2OS2.C5H11N/c12-8-7(14-9(13)10-8)6-11-4-2-1-3-5-11;1-2-4-6-5-3-1/h6H,1-5H2,(H,10,12,13);6H,1-5H2/b7-6+;. The Hall–Kier alpha value is -0.590. The van der Waals surface area contributed by atoms with E-state index < -0.39 is 0 Å². The molecule has 20 heavy (non-hydrogen) atoms. The summed E-state index contributed by atoms with van der Waals surface area (Å²) in [6, 6.07) is 0. The molecule has 3 fully saturated rings. The highest BCUT2D eigenvalue weighted by Gasteiger charge is 2.23. The van der Waals surface area contributed by atoms with Gasteiger partial charge in [-0.05, 0) is 45.2 Å². The third-order valence-corrected chi connectivity index (χ3v) is 4.69. The van der Waals surface area contributed by atoms with Crippen LogP contribution < -0.4 is 10.6 Å². The van der Waals surface area contributed by atoms with Crippen LogP contribution in [0.25, 0.3) is 0 Å². The zero-order valence-electron chi connectivity index (χ0n) is 11.8. The molecule has 0 saturated carbocycles. The molecule has 0 aromatic carbocycles. The smallest absolute Gasteiger partial charge is 0.265 e. The topological polar surface area (TPSA) is 44.4 Å². The molecule has 0 unspecified atom stereocenters. The highest BCUT2D eigenvalue weighted by molar-refractivity contribution is 8.26. The first-order valence-electron chi connectivity index (χ1n) is 7.45. The van der Waals surface area contributed by atoms with Gasteiger partial charge in [-0.15, -0.1) is 0 Å². The SMILES string of the molecule is C1CCNCC1.O=C1NC(=S)S/C1=C/N1CCCCC1. The molecule has 6 heteroatoms. The molecule has 4 nitrogen and oxygen atoms in total. The van der Waals surface area contributed by atoms with Gasteiger partial charge in [-0.1, -0.05) is 30.4 Å². The number of thiocarbonyl (C=S) groups is 1. The van der Waals surface area contributed by atoms with Crippen molar-refractivity contribution in [2.24, 2.45) is 0 Å². The first kappa shape index (κ1) is 15.8. The summed E-state index contributed by atoms with van der Waals surface area (Å²) in [6.45, 7) is 4.62. The lowest BCUT2D eigenvalue weighted by Crippen LogP contribution is -2.25. The monoisotopic (exact) mass is 313 g/mol. The van der Waals surface area contributed by atoms with Crippen LogP contribution in [0.5, 0.6) is 0 Å². The van der Waals surface area contributed by atoms with E-state index >= 15 is 0 Å². The van der Waals surface area contributed by atoms with E-state index in [0.29, 0.717) is 4.32 Å². The molecule has 0 atom stereocenters. The van der Waals surface area contributed by atoms with Gasteiger partial charge in [0.25, 0.3) is 5.91 Å². The number of hydrogen-bond donors (Lipinski definition) is 2. The maximum Gasteiger partial charge on any atom is 0.265 e. The third-order valence-electron chi connectivity index (χ3n) is 3.54. The number of carbonyl (C=O) groups is 1. The van der Waals surface area contributed by atoms with E-state index in [9.17, 15) is 4.79 Å². The van der Waals surface area contributed by atoms with Crippen LogP contribution in [0.15, 0.2) is 11.1 Å². The van der Waals surface area contributed by atoms with E-state index in [0.717, 1.165) is 18.0 Å². The van der Waals surface area contributed by atoms with Gasteiger partial charge in [0.05, 0.1) is 4.91 Å². The van der Waals surface area contributed by atoms with Crippen LogP contribution in [0.4, 0.5) is 0 Å². The Balaban J connectivity index is 0.000000205. The van der Waals surface area contributed by atoms with Crippen LogP contribution in [-0.4, -0.2) is 41.3 Å². The molecule has 1 amide bonds. The first-order chi connectivity index (χ1) is 9.75. The predicted molar refractivity (Wildman–Crippen MR) is 88.6 cm³/mol. The van der Waals surface area contributed by atoms with Crippen molar-refractivity contribution in [1.82, 2.24) is 15.5 Å². The van der Waals surface area contributed by atoms with Crippen molar-refractivity contribution in [3.63, 3.8) is 0 Å². The molecule has 0 aromatic heterocycles. The Bertz CT molecular complexity index is 363. The lowest BCUT2D eigenvalue weighted by molar-refractivity contribution is -0.115. The van der Waals surface area contributed by atoms with Crippen LogP contribution >= 0.6 is 24.0 Å². The Morgan fingerprint density at radius 2 is 1.70 bits per heavy atom. The van der Waals surface area contributed by atoms with Crippen LogP contribution in [0.1, 0.15) is 38.5 Å². The average Bonchev–Trinajstić information content (AvgIpc) is 2.80.